The Morgan fingerprint density at radius 1 is 1.27 bits per heavy atom. The van der Waals surface area contributed by atoms with Gasteiger partial charge in [-0.05, 0) is 0 Å². The Morgan fingerprint density at radius 2 is 1.92 bits per heavy atom. The maximum absolute atomic E-state index is 12.8. The van der Waals surface area contributed by atoms with E-state index in [0.29, 0.717) is 13.0 Å². The fourth-order valence-electron chi connectivity index (χ4n) is 2.79. The molecule has 0 spiro atoms. The van der Waals surface area contributed by atoms with E-state index in [1.165, 1.54) is 8.51 Å². The molecule has 2 rings (SSSR count). The molecule has 0 unspecified atom stereocenters. The normalized spacial score (nSPS) is 21.7. The van der Waals surface area contributed by atoms with E-state index in [-0.39, 0.29) is 6.61 Å². The third-order valence-corrected chi connectivity index (χ3v) is 6.84. The van der Waals surface area contributed by atoms with Crippen LogP contribution in [0.25, 0.3) is 0 Å². The van der Waals surface area contributed by atoms with E-state index >= 15 is 0 Å². The molecule has 1 aliphatic heterocycles. The van der Waals surface area contributed by atoms with E-state index < -0.39 is 44.1 Å². The number of amides is 1. The third-order valence-electron chi connectivity index (χ3n) is 4.14. The van der Waals surface area contributed by atoms with Crippen LogP contribution in [-0.4, -0.2) is 62.2 Å². The van der Waals surface area contributed by atoms with Gasteiger partial charge in [0.2, 0.25) is 0 Å². The zero-order valence-electron chi connectivity index (χ0n) is 16.1. The molecule has 142 valence electrons. The zero-order valence-corrected chi connectivity index (χ0v) is 18.4. The van der Waals surface area contributed by atoms with Crippen LogP contribution < -0.4 is 3.61 Å². The van der Waals surface area contributed by atoms with Crippen LogP contribution in [0.5, 0.6) is 0 Å². The molecule has 1 atom stereocenters. The van der Waals surface area contributed by atoms with Gasteiger partial charge in [0.15, 0.2) is 0 Å². The minimum atomic E-state index is -1.10. The van der Waals surface area contributed by atoms with Crippen molar-refractivity contribution in [3.63, 3.8) is 0 Å². The van der Waals surface area contributed by atoms with Gasteiger partial charge in [0.1, 0.15) is 0 Å². The molecule has 1 heterocycles. The van der Waals surface area contributed by atoms with Gasteiger partial charge >= 0.3 is 166 Å². The number of carbonyl (C=O) groups excluding carboxylic acids is 2. The number of nitrogens with zero attached hydrogens (tertiary/aromatic N) is 1. The summed E-state index contributed by atoms with van der Waals surface area (Å²) in [7, 11) is 0. The number of ether oxygens (including phenoxy) is 2. The first-order valence-electron chi connectivity index (χ1n) is 8.77. The number of rotatable bonds is 4. The van der Waals surface area contributed by atoms with Crippen molar-refractivity contribution in [2.24, 2.45) is 0 Å². The monoisotopic (exact) mass is 475 g/mol. The average molecular weight is 473 g/mol. The van der Waals surface area contributed by atoms with Crippen molar-refractivity contribution in [3.05, 3.63) is 40.0 Å². The van der Waals surface area contributed by atoms with Gasteiger partial charge in [0.05, 0.1) is 0 Å². The molecular formula is C20H27NO4Te. The van der Waals surface area contributed by atoms with Gasteiger partial charge in [-0.25, -0.2) is 0 Å². The summed E-state index contributed by atoms with van der Waals surface area (Å²) in [5, 5.41) is 0. The van der Waals surface area contributed by atoms with Crippen molar-refractivity contribution in [3.8, 4) is 0 Å². The average Bonchev–Trinajstić information content (AvgIpc) is 2.90. The molecule has 0 saturated carbocycles. The van der Waals surface area contributed by atoms with Gasteiger partial charge in [-0.3, -0.25) is 0 Å². The molecule has 1 aromatic rings. The summed E-state index contributed by atoms with van der Waals surface area (Å²) in [6, 6.07) is 10.2. The van der Waals surface area contributed by atoms with Crippen molar-refractivity contribution in [2.45, 2.75) is 52.2 Å². The number of hydrogen-bond donors (Lipinski definition) is 0. The van der Waals surface area contributed by atoms with Crippen LogP contribution in [0.1, 0.15) is 41.0 Å². The summed E-state index contributed by atoms with van der Waals surface area (Å²) in [5.41, 5.74) is -0.761. The first kappa shape index (κ1) is 20.8. The molecule has 1 aromatic carbocycles. The van der Waals surface area contributed by atoms with Gasteiger partial charge in [0, 0.05) is 0 Å². The molecule has 0 aromatic heterocycles. The Labute approximate surface area is 165 Å². The van der Waals surface area contributed by atoms with E-state index in [0.717, 1.165) is 5.57 Å². The van der Waals surface area contributed by atoms with Crippen LogP contribution in [0.2, 0.25) is 0 Å². The molecule has 1 saturated heterocycles. The Morgan fingerprint density at radius 3 is 2.50 bits per heavy atom. The van der Waals surface area contributed by atoms with Crippen molar-refractivity contribution >= 4 is 36.6 Å². The molecule has 0 N–H and O–H groups in total. The number of esters is 1. The molecule has 0 aliphatic carbocycles. The molecule has 0 bridgehead atoms. The van der Waals surface area contributed by atoms with Gasteiger partial charge in [-0.1, -0.05) is 0 Å². The number of carbonyl (C=O) groups is 2. The topological polar surface area (TPSA) is 55.8 Å². The van der Waals surface area contributed by atoms with Gasteiger partial charge in [0.25, 0.3) is 0 Å². The van der Waals surface area contributed by atoms with E-state index in [2.05, 4.69) is 16.3 Å². The third kappa shape index (κ3) is 4.81. The predicted octanol–water partition coefficient (Wildman–Crippen LogP) is 2.86. The van der Waals surface area contributed by atoms with Crippen LogP contribution in [0.3, 0.4) is 0 Å². The Bertz CT molecular complexity index is 681. The summed E-state index contributed by atoms with van der Waals surface area (Å²) in [6.07, 6.45) is 0.184. The van der Waals surface area contributed by atoms with Crippen molar-refractivity contribution < 1.29 is 19.1 Å². The summed E-state index contributed by atoms with van der Waals surface area (Å²) in [4.78, 5) is 27.0. The quantitative estimate of drug-likeness (QED) is 0.499. The fourth-order valence-corrected chi connectivity index (χ4v) is 5.47. The molecular weight excluding hydrogens is 446 g/mol. The van der Waals surface area contributed by atoms with Gasteiger partial charge in [-0.2, -0.15) is 0 Å². The standard InChI is InChI=1S/C20H27NO4Te/c1-6-24-17(22)20(5)15(14-26-16-10-8-7-9-11-16)12-13-21(20)18(23)25-19(2,3)4/h7-11,14H,6,12-13H2,1-5H3/b15-14-/t20-/m1/s1. The second kappa shape index (κ2) is 8.45. The molecule has 6 heteroatoms. The molecule has 0 radical (unpaired) electrons. The molecule has 1 aliphatic rings. The SMILES string of the molecule is CCOC(=O)[C@@]1(C)/C(=C\[Te]c2ccccc2)CCN1C(=O)OC(C)(C)C. The maximum atomic E-state index is 12.8. The Hall–Kier alpha value is -1.51. The van der Waals surface area contributed by atoms with Crippen LogP contribution in [-0.2, 0) is 14.3 Å². The number of likely N-dealkylation sites (tertiary alicyclic amines) is 1. The molecule has 1 amide bonds. The fraction of sp³-hybridized carbons (Fsp3) is 0.500. The first-order chi connectivity index (χ1) is 12.2. The summed E-state index contributed by atoms with van der Waals surface area (Å²) < 4.78 is 14.3. The second-order valence-electron chi connectivity index (χ2n) is 7.25. The second-order valence-corrected chi connectivity index (χ2v) is 9.94. The van der Waals surface area contributed by atoms with Gasteiger partial charge in [-0.15, -0.1) is 0 Å². The molecule has 26 heavy (non-hydrogen) atoms. The first-order valence-corrected chi connectivity index (χ1v) is 11.3. The van der Waals surface area contributed by atoms with Crippen molar-refractivity contribution in [2.75, 3.05) is 13.2 Å². The predicted molar refractivity (Wildman–Crippen MR) is 103 cm³/mol. The summed E-state index contributed by atoms with van der Waals surface area (Å²) in [6.45, 7) is 9.74. The van der Waals surface area contributed by atoms with E-state index in [9.17, 15) is 9.59 Å². The van der Waals surface area contributed by atoms with Crippen LogP contribution in [0.15, 0.2) is 40.0 Å². The minimum absolute atomic E-state index is 0.277. The molecule has 5 nitrogen and oxygen atoms in total. The van der Waals surface area contributed by atoms with Crippen LogP contribution >= 0.6 is 0 Å². The summed E-state index contributed by atoms with van der Waals surface area (Å²) >= 11 is -0.596. The molecule has 1 fully saturated rings. The number of hydrogen-bond acceptors (Lipinski definition) is 4. The van der Waals surface area contributed by atoms with E-state index in [4.69, 9.17) is 9.47 Å². The van der Waals surface area contributed by atoms with Crippen LogP contribution in [0.4, 0.5) is 4.79 Å². The number of benzene rings is 1. The van der Waals surface area contributed by atoms with E-state index in [1.54, 1.807) is 13.8 Å². The van der Waals surface area contributed by atoms with Crippen molar-refractivity contribution in [1.82, 2.24) is 4.90 Å². The Kier molecular flexibility index (Phi) is 6.76. The van der Waals surface area contributed by atoms with E-state index in [1.807, 2.05) is 39.0 Å². The van der Waals surface area contributed by atoms with Crippen molar-refractivity contribution in [1.29, 1.82) is 0 Å². The van der Waals surface area contributed by atoms with Crippen LogP contribution in [0, 0.1) is 0 Å². The van der Waals surface area contributed by atoms with Gasteiger partial charge < -0.3 is 0 Å². The zero-order chi connectivity index (χ0) is 19.4. The Balaban J connectivity index is 2.30. The summed E-state index contributed by atoms with van der Waals surface area (Å²) in [5.74, 6) is -0.393.